The summed E-state index contributed by atoms with van der Waals surface area (Å²) in [6, 6.07) is 13.9. The summed E-state index contributed by atoms with van der Waals surface area (Å²) in [6.45, 7) is 1.63. The number of carboxylic acids is 1. The van der Waals surface area contributed by atoms with Crippen molar-refractivity contribution in [2.24, 2.45) is 5.41 Å². The first kappa shape index (κ1) is 24.2. The Morgan fingerprint density at radius 1 is 1.11 bits per heavy atom. The number of fused-ring (bicyclic) bond motifs is 1. The third-order valence-electron chi connectivity index (χ3n) is 6.54. The third-order valence-corrected chi connectivity index (χ3v) is 8.31. The molecule has 3 aromatic rings. The molecule has 7 nitrogen and oxygen atoms in total. The number of carboxylic acid groups (broad SMARTS) is 1. The molecule has 0 amide bonds. The number of benzene rings is 3. The van der Waals surface area contributed by atoms with Gasteiger partial charge >= 0.3 is 5.97 Å². The second-order valence-corrected chi connectivity index (χ2v) is 11.0. The Morgan fingerprint density at radius 2 is 1.89 bits per heavy atom. The number of aryl methyl sites for hydroxylation is 1. The van der Waals surface area contributed by atoms with Crippen molar-refractivity contribution in [2.45, 2.75) is 24.3 Å². The highest BCUT2D eigenvalue weighted by molar-refractivity contribution is 7.92. The van der Waals surface area contributed by atoms with Gasteiger partial charge in [-0.15, -0.1) is 0 Å². The fourth-order valence-corrected chi connectivity index (χ4v) is 6.15. The Kier molecular flexibility index (Phi) is 5.96. The van der Waals surface area contributed by atoms with Gasteiger partial charge in [0.2, 0.25) is 0 Å². The maximum absolute atomic E-state index is 14.5. The van der Waals surface area contributed by atoms with E-state index in [-0.39, 0.29) is 53.6 Å². The van der Waals surface area contributed by atoms with Crippen LogP contribution in [0.2, 0.25) is 0 Å². The summed E-state index contributed by atoms with van der Waals surface area (Å²) in [5.41, 5.74) is -0.0156. The van der Waals surface area contributed by atoms with Gasteiger partial charge in [-0.2, -0.15) is 0 Å². The van der Waals surface area contributed by atoms with Crippen molar-refractivity contribution in [3.05, 3.63) is 77.9 Å². The summed E-state index contributed by atoms with van der Waals surface area (Å²) in [5, 5.41) is 9.72. The van der Waals surface area contributed by atoms with Crippen LogP contribution in [0.1, 0.15) is 12.0 Å². The fraction of sp³-hybridized carbons (Fsp3) is 0.269. The summed E-state index contributed by atoms with van der Waals surface area (Å²) in [5.74, 6) is -2.13. The molecule has 1 saturated heterocycles. The molecule has 188 valence electrons. The summed E-state index contributed by atoms with van der Waals surface area (Å²) >= 11 is 0. The number of sulfonamides is 1. The number of hydrogen-bond donors (Lipinski definition) is 1. The summed E-state index contributed by atoms with van der Waals surface area (Å²) in [4.78, 5) is 11.9. The molecule has 0 spiro atoms. The molecule has 0 aromatic heterocycles. The molecule has 1 N–H and O–H groups in total. The van der Waals surface area contributed by atoms with Crippen molar-refractivity contribution < 1.29 is 36.6 Å². The first-order valence-electron chi connectivity index (χ1n) is 11.3. The van der Waals surface area contributed by atoms with Gasteiger partial charge in [0.1, 0.15) is 28.9 Å². The summed E-state index contributed by atoms with van der Waals surface area (Å²) in [6.07, 6.45) is -0.726. The lowest BCUT2D eigenvalue weighted by Crippen LogP contribution is -2.54. The van der Waals surface area contributed by atoms with Gasteiger partial charge in [-0.3, -0.25) is 9.10 Å². The molecule has 3 aromatic carbocycles. The second kappa shape index (κ2) is 8.86. The number of anilines is 1. The molecular formula is C26H23F2NO6S. The molecule has 36 heavy (non-hydrogen) atoms. The highest BCUT2D eigenvalue weighted by Gasteiger charge is 2.49. The van der Waals surface area contributed by atoms with Crippen molar-refractivity contribution in [2.75, 3.05) is 24.1 Å². The summed E-state index contributed by atoms with van der Waals surface area (Å²) in [7, 11) is -4.11. The van der Waals surface area contributed by atoms with Crippen molar-refractivity contribution in [1.82, 2.24) is 0 Å². The molecule has 1 fully saturated rings. The quantitative estimate of drug-likeness (QED) is 0.524. The van der Waals surface area contributed by atoms with E-state index in [1.54, 1.807) is 19.1 Å². The SMILES string of the molecule is Cc1cccc(S(=O)(=O)N2C[C@H](CC3(C(=O)O)COC3)Oc3ccc(-c4cc(F)ccc4F)cc32)c1. The fourth-order valence-electron chi connectivity index (χ4n) is 4.55. The average molecular weight is 516 g/mol. The van der Waals surface area contributed by atoms with E-state index in [0.29, 0.717) is 0 Å². The Hall–Kier alpha value is -3.50. The van der Waals surface area contributed by atoms with E-state index in [1.807, 2.05) is 0 Å². The van der Waals surface area contributed by atoms with Gasteiger partial charge in [-0.05, 0) is 60.5 Å². The van der Waals surface area contributed by atoms with Gasteiger partial charge in [-0.25, -0.2) is 17.2 Å². The Labute approximate surface area is 206 Å². The maximum Gasteiger partial charge on any atom is 0.314 e. The number of hydrogen-bond acceptors (Lipinski definition) is 5. The molecule has 0 saturated carbocycles. The molecule has 2 aliphatic rings. The van der Waals surface area contributed by atoms with Crippen LogP contribution in [0.25, 0.3) is 11.1 Å². The van der Waals surface area contributed by atoms with Crippen LogP contribution in [0.3, 0.4) is 0 Å². The van der Waals surface area contributed by atoms with Gasteiger partial charge in [0.25, 0.3) is 10.0 Å². The minimum atomic E-state index is -4.11. The highest BCUT2D eigenvalue weighted by atomic mass is 32.2. The van der Waals surface area contributed by atoms with Crippen LogP contribution < -0.4 is 9.04 Å². The molecule has 0 aliphatic carbocycles. The van der Waals surface area contributed by atoms with Crippen LogP contribution in [0, 0.1) is 24.0 Å². The predicted octanol–water partition coefficient (Wildman–Crippen LogP) is 4.39. The number of ether oxygens (including phenoxy) is 2. The van der Waals surface area contributed by atoms with E-state index in [9.17, 15) is 27.1 Å². The Balaban J connectivity index is 1.60. The zero-order valence-electron chi connectivity index (χ0n) is 19.3. The second-order valence-electron chi connectivity index (χ2n) is 9.18. The largest absolute Gasteiger partial charge is 0.486 e. The van der Waals surface area contributed by atoms with Crippen LogP contribution in [0.5, 0.6) is 5.75 Å². The van der Waals surface area contributed by atoms with E-state index in [1.165, 1.54) is 30.3 Å². The average Bonchev–Trinajstić information content (AvgIpc) is 2.82. The Morgan fingerprint density at radius 3 is 2.56 bits per heavy atom. The van der Waals surface area contributed by atoms with E-state index in [2.05, 4.69) is 0 Å². The molecular weight excluding hydrogens is 492 g/mol. The lowest BCUT2D eigenvalue weighted by molar-refractivity contribution is -0.184. The van der Waals surface area contributed by atoms with Gasteiger partial charge < -0.3 is 14.6 Å². The van der Waals surface area contributed by atoms with E-state index in [0.717, 1.165) is 28.1 Å². The van der Waals surface area contributed by atoms with Crippen LogP contribution in [-0.2, 0) is 19.6 Å². The third kappa shape index (κ3) is 4.20. The van der Waals surface area contributed by atoms with Crippen molar-refractivity contribution >= 4 is 21.7 Å². The van der Waals surface area contributed by atoms with Gasteiger partial charge in [0.15, 0.2) is 0 Å². The van der Waals surface area contributed by atoms with E-state index >= 15 is 0 Å². The lowest BCUT2D eigenvalue weighted by atomic mass is 9.80. The molecule has 0 bridgehead atoms. The maximum atomic E-state index is 14.5. The van der Waals surface area contributed by atoms with Gasteiger partial charge in [0.05, 0.1) is 30.3 Å². The number of rotatable bonds is 6. The van der Waals surface area contributed by atoms with Crippen LogP contribution in [-0.4, -0.2) is 45.4 Å². The molecule has 2 aliphatic heterocycles. The summed E-state index contributed by atoms with van der Waals surface area (Å²) < 4.78 is 68.3. The normalized spacial score (nSPS) is 18.6. The number of aliphatic carboxylic acids is 1. The lowest BCUT2D eigenvalue weighted by Gasteiger charge is -2.42. The standard InChI is InChI=1S/C26H23F2NO6S/c1-16-3-2-4-20(9-16)36(32,33)29-13-19(12-26(25(30)31)14-34-15-26)35-24-8-5-17(10-23(24)29)21-11-18(27)6-7-22(21)28/h2-11,19H,12-15H2,1H3,(H,30,31)/t19-/m0/s1. The molecule has 1 atom stereocenters. The van der Waals surface area contributed by atoms with E-state index in [4.69, 9.17) is 9.47 Å². The molecule has 5 rings (SSSR count). The molecule has 10 heteroatoms. The highest BCUT2D eigenvalue weighted by Crippen LogP contribution is 2.43. The van der Waals surface area contributed by atoms with Crippen molar-refractivity contribution in [3.8, 4) is 16.9 Å². The van der Waals surface area contributed by atoms with Crippen LogP contribution >= 0.6 is 0 Å². The topological polar surface area (TPSA) is 93.1 Å². The molecule has 2 heterocycles. The zero-order chi connectivity index (χ0) is 25.7. The first-order chi connectivity index (χ1) is 17.1. The minimum Gasteiger partial charge on any atom is -0.486 e. The monoisotopic (exact) mass is 515 g/mol. The van der Waals surface area contributed by atoms with Gasteiger partial charge in [-0.1, -0.05) is 18.2 Å². The number of carbonyl (C=O) groups is 1. The first-order valence-corrected chi connectivity index (χ1v) is 12.7. The smallest absolute Gasteiger partial charge is 0.314 e. The Bertz CT molecular complexity index is 1450. The zero-order valence-corrected chi connectivity index (χ0v) is 20.1. The minimum absolute atomic E-state index is 0.0114. The van der Waals surface area contributed by atoms with Crippen LogP contribution in [0.4, 0.5) is 14.5 Å². The van der Waals surface area contributed by atoms with E-state index < -0.39 is 39.1 Å². The number of nitrogens with zero attached hydrogens (tertiary/aromatic N) is 1. The van der Waals surface area contributed by atoms with Crippen molar-refractivity contribution in [1.29, 1.82) is 0 Å². The molecule has 0 radical (unpaired) electrons. The number of halogens is 2. The van der Waals surface area contributed by atoms with Crippen molar-refractivity contribution in [3.63, 3.8) is 0 Å². The predicted molar refractivity (Wildman–Crippen MR) is 127 cm³/mol. The molecule has 0 unspecified atom stereocenters. The van der Waals surface area contributed by atoms with Crippen LogP contribution in [0.15, 0.2) is 65.6 Å². The van der Waals surface area contributed by atoms with Gasteiger partial charge in [0, 0.05) is 12.0 Å².